The lowest BCUT2D eigenvalue weighted by Gasteiger charge is -2.20. The van der Waals surface area contributed by atoms with Gasteiger partial charge < -0.3 is 10.6 Å². The SMILES string of the molecule is CC(=O)Nc1ccc(C)cc1NC(=O)CN1CCCCCC1. The smallest absolute Gasteiger partial charge is 0.238 e. The molecule has 1 aliphatic rings. The summed E-state index contributed by atoms with van der Waals surface area (Å²) < 4.78 is 0. The van der Waals surface area contributed by atoms with E-state index in [-0.39, 0.29) is 11.8 Å². The molecule has 1 fully saturated rings. The Morgan fingerprint density at radius 3 is 2.36 bits per heavy atom. The second-order valence-electron chi connectivity index (χ2n) is 5.97. The lowest BCUT2D eigenvalue weighted by Crippen LogP contribution is -2.34. The summed E-state index contributed by atoms with van der Waals surface area (Å²) >= 11 is 0. The van der Waals surface area contributed by atoms with Crippen LogP contribution >= 0.6 is 0 Å². The molecular weight excluding hydrogens is 278 g/mol. The quantitative estimate of drug-likeness (QED) is 0.899. The van der Waals surface area contributed by atoms with Crippen molar-refractivity contribution in [3.05, 3.63) is 23.8 Å². The number of anilines is 2. The predicted molar refractivity (Wildman–Crippen MR) is 89.0 cm³/mol. The van der Waals surface area contributed by atoms with E-state index in [0.717, 1.165) is 31.5 Å². The monoisotopic (exact) mass is 303 g/mol. The zero-order valence-electron chi connectivity index (χ0n) is 13.4. The zero-order chi connectivity index (χ0) is 15.9. The Morgan fingerprint density at radius 2 is 1.73 bits per heavy atom. The highest BCUT2D eigenvalue weighted by molar-refractivity contribution is 5.99. The first kappa shape index (κ1) is 16.5. The van der Waals surface area contributed by atoms with Crippen LogP contribution in [0.3, 0.4) is 0 Å². The summed E-state index contributed by atoms with van der Waals surface area (Å²) in [6.45, 7) is 5.80. The molecule has 0 atom stereocenters. The molecule has 1 aliphatic heterocycles. The van der Waals surface area contributed by atoms with E-state index in [9.17, 15) is 9.59 Å². The molecule has 0 bridgehead atoms. The van der Waals surface area contributed by atoms with Gasteiger partial charge >= 0.3 is 0 Å². The van der Waals surface area contributed by atoms with Gasteiger partial charge in [0.05, 0.1) is 17.9 Å². The van der Waals surface area contributed by atoms with Crippen LogP contribution in [0.5, 0.6) is 0 Å². The highest BCUT2D eigenvalue weighted by Crippen LogP contribution is 2.23. The average Bonchev–Trinajstić information content (AvgIpc) is 2.70. The number of aryl methyl sites for hydroxylation is 1. The first-order chi connectivity index (χ1) is 10.5. The van der Waals surface area contributed by atoms with E-state index in [1.807, 2.05) is 25.1 Å². The molecule has 22 heavy (non-hydrogen) atoms. The Kier molecular flexibility index (Phi) is 5.95. The molecule has 2 amide bonds. The Balaban J connectivity index is 2.00. The Labute approximate surface area is 132 Å². The maximum absolute atomic E-state index is 12.3. The molecule has 0 aliphatic carbocycles. The second-order valence-corrected chi connectivity index (χ2v) is 5.97. The Bertz CT molecular complexity index is 535. The summed E-state index contributed by atoms with van der Waals surface area (Å²) in [6.07, 6.45) is 4.83. The van der Waals surface area contributed by atoms with Crippen molar-refractivity contribution >= 4 is 23.2 Å². The number of nitrogens with one attached hydrogen (secondary N) is 2. The van der Waals surface area contributed by atoms with E-state index in [1.165, 1.54) is 19.8 Å². The summed E-state index contributed by atoms with van der Waals surface area (Å²) in [5.74, 6) is -0.175. The van der Waals surface area contributed by atoms with Gasteiger partial charge in [0, 0.05) is 6.92 Å². The van der Waals surface area contributed by atoms with Crippen LogP contribution in [0.2, 0.25) is 0 Å². The second kappa shape index (κ2) is 7.94. The van der Waals surface area contributed by atoms with Crippen LogP contribution in [-0.4, -0.2) is 36.3 Å². The molecule has 0 radical (unpaired) electrons. The van der Waals surface area contributed by atoms with Gasteiger partial charge in [-0.15, -0.1) is 0 Å². The van der Waals surface area contributed by atoms with Crippen molar-refractivity contribution in [3.63, 3.8) is 0 Å². The number of hydrogen-bond donors (Lipinski definition) is 2. The summed E-state index contributed by atoms with van der Waals surface area (Å²) in [5.41, 5.74) is 2.34. The third kappa shape index (κ3) is 5.15. The minimum absolute atomic E-state index is 0.0286. The molecule has 0 unspecified atom stereocenters. The summed E-state index contributed by atoms with van der Waals surface area (Å²) in [4.78, 5) is 25.7. The van der Waals surface area contributed by atoms with E-state index in [1.54, 1.807) is 0 Å². The van der Waals surface area contributed by atoms with E-state index in [0.29, 0.717) is 17.9 Å². The van der Waals surface area contributed by atoms with Gasteiger partial charge in [0.2, 0.25) is 11.8 Å². The molecule has 1 aromatic carbocycles. The van der Waals surface area contributed by atoms with Gasteiger partial charge in [-0.05, 0) is 50.6 Å². The minimum atomic E-state index is -0.146. The highest BCUT2D eigenvalue weighted by Gasteiger charge is 2.14. The number of hydrogen-bond acceptors (Lipinski definition) is 3. The van der Waals surface area contributed by atoms with Gasteiger partial charge in [-0.3, -0.25) is 14.5 Å². The van der Waals surface area contributed by atoms with E-state index in [4.69, 9.17) is 0 Å². The van der Waals surface area contributed by atoms with Crippen molar-refractivity contribution < 1.29 is 9.59 Å². The number of rotatable bonds is 4. The van der Waals surface area contributed by atoms with E-state index < -0.39 is 0 Å². The maximum atomic E-state index is 12.3. The van der Waals surface area contributed by atoms with Crippen LogP contribution in [0.25, 0.3) is 0 Å². The fraction of sp³-hybridized carbons (Fsp3) is 0.529. The molecule has 0 spiro atoms. The number of nitrogens with zero attached hydrogens (tertiary/aromatic N) is 1. The Hall–Kier alpha value is -1.88. The van der Waals surface area contributed by atoms with E-state index >= 15 is 0 Å². The summed E-state index contributed by atoms with van der Waals surface area (Å²) in [5, 5.41) is 5.68. The van der Waals surface area contributed by atoms with Gasteiger partial charge in [0.25, 0.3) is 0 Å². The fourth-order valence-corrected chi connectivity index (χ4v) is 2.75. The Morgan fingerprint density at radius 1 is 1.05 bits per heavy atom. The molecular formula is C17H25N3O2. The van der Waals surface area contributed by atoms with Crippen LogP contribution in [0.4, 0.5) is 11.4 Å². The number of amides is 2. The lowest BCUT2D eigenvalue weighted by atomic mass is 10.2. The first-order valence-corrected chi connectivity index (χ1v) is 7.95. The standard InChI is InChI=1S/C17H25N3O2/c1-13-7-8-15(18-14(2)21)16(11-13)19-17(22)12-20-9-5-3-4-6-10-20/h7-8,11H,3-6,9-10,12H2,1-2H3,(H,18,21)(H,19,22). The van der Waals surface area contributed by atoms with Gasteiger partial charge in [-0.1, -0.05) is 18.9 Å². The van der Waals surface area contributed by atoms with Crippen molar-refractivity contribution in [3.8, 4) is 0 Å². The molecule has 0 aromatic heterocycles. The third-order valence-electron chi connectivity index (χ3n) is 3.83. The van der Waals surface area contributed by atoms with Gasteiger partial charge in [-0.25, -0.2) is 0 Å². The number of likely N-dealkylation sites (tertiary alicyclic amines) is 1. The van der Waals surface area contributed by atoms with Gasteiger partial charge in [0.1, 0.15) is 0 Å². The van der Waals surface area contributed by atoms with Crippen LogP contribution < -0.4 is 10.6 Å². The largest absolute Gasteiger partial charge is 0.325 e. The lowest BCUT2D eigenvalue weighted by molar-refractivity contribution is -0.117. The molecule has 5 heteroatoms. The molecule has 120 valence electrons. The van der Waals surface area contributed by atoms with Crippen LogP contribution in [0.15, 0.2) is 18.2 Å². The van der Waals surface area contributed by atoms with Gasteiger partial charge in [-0.2, -0.15) is 0 Å². The molecule has 5 nitrogen and oxygen atoms in total. The number of carbonyl (C=O) groups is 2. The third-order valence-corrected chi connectivity index (χ3v) is 3.83. The van der Waals surface area contributed by atoms with Crippen molar-refractivity contribution in [1.29, 1.82) is 0 Å². The highest BCUT2D eigenvalue weighted by atomic mass is 16.2. The fourth-order valence-electron chi connectivity index (χ4n) is 2.75. The van der Waals surface area contributed by atoms with Gasteiger partial charge in [0.15, 0.2) is 0 Å². The average molecular weight is 303 g/mol. The predicted octanol–water partition coefficient (Wildman–Crippen LogP) is 2.77. The molecule has 2 rings (SSSR count). The first-order valence-electron chi connectivity index (χ1n) is 7.95. The minimum Gasteiger partial charge on any atom is -0.325 e. The van der Waals surface area contributed by atoms with E-state index in [2.05, 4.69) is 15.5 Å². The van der Waals surface area contributed by atoms with Crippen LogP contribution in [0.1, 0.15) is 38.2 Å². The number of benzene rings is 1. The van der Waals surface area contributed by atoms with Crippen molar-refractivity contribution in [1.82, 2.24) is 4.90 Å². The molecule has 1 saturated heterocycles. The number of carbonyl (C=O) groups excluding carboxylic acids is 2. The summed E-state index contributed by atoms with van der Waals surface area (Å²) in [6, 6.07) is 5.61. The van der Waals surface area contributed by atoms with Crippen molar-refractivity contribution in [2.24, 2.45) is 0 Å². The molecule has 0 saturated carbocycles. The summed E-state index contributed by atoms with van der Waals surface area (Å²) in [7, 11) is 0. The zero-order valence-corrected chi connectivity index (χ0v) is 13.4. The van der Waals surface area contributed by atoms with Crippen LogP contribution in [0, 0.1) is 6.92 Å². The topological polar surface area (TPSA) is 61.4 Å². The van der Waals surface area contributed by atoms with Crippen molar-refractivity contribution in [2.45, 2.75) is 39.5 Å². The molecule has 2 N–H and O–H groups in total. The molecule has 1 aromatic rings. The van der Waals surface area contributed by atoms with Crippen LogP contribution in [-0.2, 0) is 9.59 Å². The van der Waals surface area contributed by atoms with Crippen molar-refractivity contribution in [2.75, 3.05) is 30.3 Å². The normalized spacial score (nSPS) is 15.9. The molecule has 1 heterocycles. The maximum Gasteiger partial charge on any atom is 0.238 e.